The summed E-state index contributed by atoms with van der Waals surface area (Å²) in [6.45, 7) is 7.71. The number of rotatable bonds is 4. The van der Waals surface area contributed by atoms with Crippen molar-refractivity contribution >= 4 is 0 Å². The van der Waals surface area contributed by atoms with Crippen molar-refractivity contribution in [3.63, 3.8) is 0 Å². The highest BCUT2D eigenvalue weighted by molar-refractivity contribution is 5.12. The predicted octanol–water partition coefficient (Wildman–Crippen LogP) is 3.69. The predicted molar refractivity (Wildman–Crippen MR) is 76.4 cm³/mol. The molecule has 2 rings (SSSR count). The lowest BCUT2D eigenvalue weighted by molar-refractivity contribution is 0.204. The number of aryl methyl sites for hydroxylation is 1. The molecule has 0 amide bonds. The molecular weight excluding hydrogens is 220 g/mol. The van der Waals surface area contributed by atoms with Crippen molar-refractivity contribution in [2.24, 2.45) is 11.8 Å². The van der Waals surface area contributed by atoms with Gasteiger partial charge in [-0.25, -0.2) is 0 Å². The maximum absolute atomic E-state index is 4.47. The Bertz CT molecular complexity index is 356. The van der Waals surface area contributed by atoms with E-state index in [1.54, 1.807) is 0 Å². The van der Waals surface area contributed by atoms with Crippen molar-refractivity contribution in [3.05, 3.63) is 29.6 Å². The molecule has 100 valence electrons. The lowest BCUT2D eigenvalue weighted by Crippen LogP contribution is -2.40. The lowest BCUT2D eigenvalue weighted by atomic mass is 9.78. The molecule has 1 fully saturated rings. The van der Waals surface area contributed by atoms with E-state index in [1.165, 1.54) is 31.2 Å². The van der Waals surface area contributed by atoms with E-state index in [2.05, 4.69) is 43.2 Å². The second-order valence-electron chi connectivity index (χ2n) is 6.01. The van der Waals surface area contributed by atoms with Crippen LogP contribution in [0.1, 0.15) is 50.8 Å². The Morgan fingerprint density at radius 1 is 1.28 bits per heavy atom. The molecule has 0 aliphatic heterocycles. The molecule has 0 aromatic carbocycles. The molecule has 1 saturated carbocycles. The SMILES string of the molecule is Cc1ccc(CNC2CCCCC2C(C)C)nc1. The minimum atomic E-state index is 0.682. The fourth-order valence-corrected chi connectivity index (χ4v) is 3.05. The van der Waals surface area contributed by atoms with E-state index in [9.17, 15) is 0 Å². The Morgan fingerprint density at radius 2 is 2.06 bits per heavy atom. The standard InChI is InChI=1S/C16H26N2/c1-12(2)15-6-4-5-7-16(15)18-11-14-9-8-13(3)10-17-14/h8-10,12,15-16,18H,4-7,11H2,1-3H3. The Morgan fingerprint density at radius 3 is 2.72 bits per heavy atom. The molecule has 1 aliphatic rings. The fraction of sp³-hybridized carbons (Fsp3) is 0.688. The average molecular weight is 246 g/mol. The summed E-state index contributed by atoms with van der Waals surface area (Å²) in [5.41, 5.74) is 2.39. The number of pyridine rings is 1. The summed E-state index contributed by atoms with van der Waals surface area (Å²) in [5, 5.41) is 3.73. The second kappa shape index (κ2) is 6.33. The van der Waals surface area contributed by atoms with Crippen LogP contribution >= 0.6 is 0 Å². The Kier molecular flexibility index (Phi) is 4.76. The van der Waals surface area contributed by atoms with Gasteiger partial charge in [-0.05, 0) is 43.2 Å². The van der Waals surface area contributed by atoms with Crippen LogP contribution in [0.25, 0.3) is 0 Å². The van der Waals surface area contributed by atoms with Gasteiger partial charge in [0.1, 0.15) is 0 Å². The summed E-state index contributed by atoms with van der Waals surface area (Å²) in [7, 11) is 0. The second-order valence-corrected chi connectivity index (χ2v) is 6.01. The summed E-state index contributed by atoms with van der Waals surface area (Å²) in [5.74, 6) is 1.62. The molecule has 1 N–H and O–H groups in total. The van der Waals surface area contributed by atoms with Gasteiger partial charge in [0.25, 0.3) is 0 Å². The molecule has 2 unspecified atom stereocenters. The van der Waals surface area contributed by atoms with Crippen LogP contribution in [0.3, 0.4) is 0 Å². The van der Waals surface area contributed by atoms with Crippen molar-refractivity contribution in [1.82, 2.24) is 10.3 Å². The van der Waals surface area contributed by atoms with Crippen molar-refractivity contribution in [2.75, 3.05) is 0 Å². The van der Waals surface area contributed by atoms with Crippen molar-refractivity contribution < 1.29 is 0 Å². The van der Waals surface area contributed by atoms with Gasteiger partial charge in [0.05, 0.1) is 5.69 Å². The molecule has 1 aromatic rings. The van der Waals surface area contributed by atoms with Gasteiger partial charge in [0.2, 0.25) is 0 Å². The molecule has 0 saturated heterocycles. The first-order valence-corrected chi connectivity index (χ1v) is 7.31. The van der Waals surface area contributed by atoms with Crippen LogP contribution in [0, 0.1) is 18.8 Å². The van der Waals surface area contributed by atoms with E-state index in [0.29, 0.717) is 6.04 Å². The van der Waals surface area contributed by atoms with Crippen molar-refractivity contribution in [3.8, 4) is 0 Å². The zero-order valence-corrected chi connectivity index (χ0v) is 11.9. The van der Waals surface area contributed by atoms with Crippen LogP contribution < -0.4 is 5.32 Å². The first kappa shape index (κ1) is 13.5. The summed E-state index contributed by atoms with van der Waals surface area (Å²) >= 11 is 0. The van der Waals surface area contributed by atoms with E-state index in [-0.39, 0.29) is 0 Å². The maximum Gasteiger partial charge on any atom is 0.0541 e. The first-order valence-electron chi connectivity index (χ1n) is 7.31. The normalized spacial score (nSPS) is 24.4. The number of nitrogens with zero attached hydrogens (tertiary/aromatic N) is 1. The van der Waals surface area contributed by atoms with Crippen molar-refractivity contribution in [2.45, 2.75) is 59.0 Å². The van der Waals surface area contributed by atoms with Gasteiger partial charge in [0, 0.05) is 18.8 Å². The third kappa shape index (κ3) is 3.55. The molecule has 1 aromatic heterocycles. The van der Waals surface area contributed by atoms with Crippen LogP contribution in [0.4, 0.5) is 0 Å². The summed E-state index contributed by atoms with van der Waals surface area (Å²) < 4.78 is 0. The molecule has 0 bridgehead atoms. The zero-order chi connectivity index (χ0) is 13.0. The van der Waals surface area contributed by atoms with Crippen LogP contribution in [0.5, 0.6) is 0 Å². The Labute approximate surface area is 111 Å². The summed E-state index contributed by atoms with van der Waals surface area (Å²) in [6.07, 6.45) is 7.45. The highest BCUT2D eigenvalue weighted by Crippen LogP contribution is 2.30. The smallest absolute Gasteiger partial charge is 0.0541 e. The number of hydrogen-bond acceptors (Lipinski definition) is 2. The third-order valence-electron chi connectivity index (χ3n) is 4.19. The van der Waals surface area contributed by atoms with Gasteiger partial charge in [-0.2, -0.15) is 0 Å². The van der Waals surface area contributed by atoms with E-state index in [4.69, 9.17) is 0 Å². The number of nitrogens with one attached hydrogen (secondary N) is 1. The quantitative estimate of drug-likeness (QED) is 0.876. The Hall–Kier alpha value is -0.890. The van der Waals surface area contributed by atoms with Gasteiger partial charge < -0.3 is 5.32 Å². The molecule has 2 atom stereocenters. The van der Waals surface area contributed by atoms with E-state index in [0.717, 1.165) is 24.1 Å². The van der Waals surface area contributed by atoms with E-state index >= 15 is 0 Å². The van der Waals surface area contributed by atoms with Crippen LogP contribution in [0.15, 0.2) is 18.3 Å². The van der Waals surface area contributed by atoms with Gasteiger partial charge in [0.15, 0.2) is 0 Å². The van der Waals surface area contributed by atoms with Crippen LogP contribution in [-0.4, -0.2) is 11.0 Å². The molecule has 0 radical (unpaired) electrons. The van der Waals surface area contributed by atoms with Crippen molar-refractivity contribution in [1.29, 1.82) is 0 Å². The highest BCUT2D eigenvalue weighted by atomic mass is 14.9. The number of aromatic nitrogens is 1. The molecular formula is C16H26N2. The van der Waals surface area contributed by atoms with E-state index < -0.39 is 0 Å². The first-order chi connectivity index (χ1) is 8.66. The fourth-order valence-electron chi connectivity index (χ4n) is 3.05. The minimum Gasteiger partial charge on any atom is -0.308 e. The summed E-state index contributed by atoms with van der Waals surface area (Å²) in [6, 6.07) is 4.96. The minimum absolute atomic E-state index is 0.682. The zero-order valence-electron chi connectivity index (χ0n) is 11.9. The van der Waals surface area contributed by atoms with Crippen LogP contribution in [-0.2, 0) is 6.54 Å². The van der Waals surface area contributed by atoms with Gasteiger partial charge in [-0.1, -0.05) is 32.8 Å². The maximum atomic E-state index is 4.47. The largest absolute Gasteiger partial charge is 0.308 e. The highest BCUT2D eigenvalue weighted by Gasteiger charge is 2.26. The van der Waals surface area contributed by atoms with Crippen LogP contribution in [0.2, 0.25) is 0 Å². The molecule has 1 heterocycles. The van der Waals surface area contributed by atoms with Gasteiger partial charge >= 0.3 is 0 Å². The van der Waals surface area contributed by atoms with Gasteiger partial charge in [-0.15, -0.1) is 0 Å². The Balaban J connectivity index is 1.89. The molecule has 1 aliphatic carbocycles. The van der Waals surface area contributed by atoms with E-state index in [1.807, 2.05) is 6.20 Å². The molecule has 0 spiro atoms. The number of hydrogen-bond donors (Lipinski definition) is 1. The lowest BCUT2D eigenvalue weighted by Gasteiger charge is -2.35. The summed E-state index contributed by atoms with van der Waals surface area (Å²) in [4.78, 5) is 4.47. The third-order valence-corrected chi connectivity index (χ3v) is 4.19. The average Bonchev–Trinajstić information content (AvgIpc) is 2.38. The topological polar surface area (TPSA) is 24.9 Å². The molecule has 18 heavy (non-hydrogen) atoms. The molecule has 2 heteroatoms. The molecule has 2 nitrogen and oxygen atoms in total. The van der Waals surface area contributed by atoms with Gasteiger partial charge in [-0.3, -0.25) is 4.98 Å². The monoisotopic (exact) mass is 246 g/mol.